The predicted octanol–water partition coefficient (Wildman–Crippen LogP) is 5.08. The largest absolute Gasteiger partial charge is 0.321 e. The molecule has 2 aromatic rings. The van der Waals surface area contributed by atoms with Crippen LogP contribution in [0.1, 0.15) is 53.0 Å². The van der Waals surface area contributed by atoms with Gasteiger partial charge in [0.05, 0.1) is 5.92 Å². The zero-order valence-corrected chi connectivity index (χ0v) is 17.3. The molecule has 5 nitrogen and oxygen atoms in total. The van der Waals surface area contributed by atoms with Gasteiger partial charge >= 0.3 is 0 Å². The third kappa shape index (κ3) is 3.23. The molecule has 3 unspecified atom stereocenters. The molecule has 0 saturated heterocycles. The topological polar surface area (TPSA) is 63.1 Å². The maximum absolute atomic E-state index is 12.9. The Labute approximate surface area is 167 Å². The fourth-order valence-electron chi connectivity index (χ4n) is 4.13. The van der Waals surface area contributed by atoms with Gasteiger partial charge in [0.15, 0.2) is 3.95 Å². The predicted molar refractivity (Wildman–Crippen MR) is 111 cm³/mol. The minimum Gasteiger partial charge on any atom is -0.321 e. The van der Waals surface area contributed by atoms with Gasteiger partial charge in [-0.2, -0.15) is 0 Å². The summed E-state index contributed by atoms with van der Waals surface area (Å²) in [7, 11) is 0. The minimum atomic E-state index is -0.231. The van der Waals surface area contributed by atoms with Crippen LogP contribution in [0.15, 0.2) is 18.2 Å². The monoisotopic (exact) mass is 401 g/mol. The number of nitrogens with one attached hydrogen (secondary N) is 2. The van der Waals surface area contributed by atoms with E-state index >= 15 is 0 Å². The standard InChI is InChI=1S/C20H23N3O2S2/c1-10-4-7-15-14(8-10)18(24)22-17-16(27-20(26)23(15)17)19(25)21-13-6-5-11(2)12(3)9-13/h5-6,9-10,14-15H,4,7-8H2,1-3H3,(H,21,25)(H,22,24). The Morgan fingerprint density at radius 3 is 2.81 bits per heavy atom. The molecule has 2 heterocycles. The Balaban J connectivity index is 1.67. The van der Waals surface area contributed by atoms with E-state index < -0.39 is 0 Å². The highest BCUT2D eigenvalue weighted by molar-refractivity contribution is 7.73. The van der Waals surface area contributed by atoms with Crippen molar-refractivity contribution >= 4 is 46.9 Å². The van der Waals surface area contributed by atoms with Crippen molar-refractivity contribution in [1.29, 1.82) is 0 Å². The summed E-state index contributed by atoms with van der Waals surface area (Å²) in [4.78, 5) is 26.1. The number of anilines is 2. The number of carbonyl (C=O) groups is 2. The van der Waals surface area contributed by atoms with Crippen LogP contribution in [0.5, 0.6) is 0 Å². The van der Waals surface area contributed by atoms with E-state index in [1.807, 2.05) is 36.6 Å². The van der Waals surface area contributed by atoms with Crippen LogP contribution in [-0.2, 0) is 4.79 Å². The first-order chi connectivity index (χ1) is 12.8. The molecule has 27 heavy (non-hydrogen) atoms. The lowest BCUT2D eigenvalue weighted by Crippen LogP contribution is -2.41. The normalized spacial score (nSPS) is 24.0. The molecule has 1 fully saturated rings. The average Bonchev–Trinajstić information content (AvgIpc) is 2.95. The van der Waals surface area contributed by atoms with E-state index in [-0.39, 0.29) is 23.8 Å². The Hall–Kier alpha value is -1.99. The van der Waals surface area contributed by atoms with Crippen molar-refractivity contribution in [3.05, 3.63) is 38.2 Å². The second kappa shape index (κ2) is 6.87. The molecule has 142 valence electrons. The maximum Gasteiger partial charge on any atom is 0.269 e. The number of aryl methyl sites for hydroxylation is 2. The third-order valence-electron chi connectivity index (χ3n) is 5.80. The summed E-state index contributed by atoms with van der Waals surface area (Å²) >= 11 is 6.84. The maximum atomic E-state index is 12.9. The summed E-state index contributed by atoms with van der Waals surface area (Å²) in [5.74, 6) is 0.829. The fourth-order valence-corrected chi connectivity index (χ4v) is 5.50. The zero-order chi connectivity index (χ0) is 19.3. The first-order valence-corrected chi connectivity index (χ1v) is 10.5. The van der Waals surface area contributed by atoms with Gasteiger partial charge in [0, 0.05) is 11.7 Å². The van der Waals surface area contributed by atoms with Gasteiger partial charge in [-0.3, -0.25) is 9.59 Å². The van der Waals surface area contributed by atoms with E-state index in [2.05, 4.69) is 17.6 Å². The Bertz CT molecular complexity index is 992. The van der Waals surface area contributed by atoms with Crippen LogP contribution in [0.25, 0.3) is 0 Å². The van der Waals surface area contributed by atoms with Crippen molar-refractivity contribution in [1.82, 2.24) is 4.57 Å². The number of rotatable bonds is 2. The highest BCUT2D eigenvalue weighted by Gasteiger charge is 2.41. The van der Waals surface area contributed by atoms with Gasteiger partial charge in [-0.1, -0.05) is 24.3 Å². The van der Waals surface area contributed by atoms with Crippen LogP contribution < -0.4 is 10.6 Å². The smallest absolute Gasteiger partial charge is 0.269 e. The van der Waals surface area contributed by atoms with Gasteiger partial charge < -0.3 is 15.2 Å². The van der Waals surface area contributed by atoms with E-state index in [1.165, 1.54) is 16.9 Å². The number of nitrogens with zero attached hydrogens (tertiary/aromatic N) is 1. The molecule has 1 aromatic carbocycles. The third-order valence-corrected chi connectivity index (χ3v) is 7.20. The highest BCUT2D eigenvalue weighted by Crippen LogP contribution is 2.44. The number of amides is 2. The van der Waals surface area contributed by atoms with E-state index in [0.717, 1.165) is 30.5 Å². The van der Waals surface area contributed by atoms with Crippen LogP contribution in [0.3, 0.4) is 0 Å². The first-order valence-electron chi connectivity index (χ1n) is 9.30. The van der Waals surface area contributed by atoms with Crippen molar-refractivity contribution in [2.24, 2.45) is 11.8 Å². The molecular formula is C20H23N3O2S2. The van der Waals surface area contributed by atoms with Crippen LogP contribution in [0.4, 0.5) is 11.5 Å². The van der Waals surface area contributed by atoms with Crippen LogP contribution in [-0.4, -0.2) is 16.4 Å². The summed E-state index contributed by atoms with van der Waals surface area (Å²) < 4.78 is 2.66. The minimum absolute atomic E-state index is 0.0135. The van der Waals surface area contributed by atoms with Crippen molar-refractivity contribution in [3.63, 3.8) is 0 Å². The highest BCUT2D eigenvalue weighted by atomic mass is 32.1. The van der Waals surface area contributed by atoms with Crippen LogP contribution >= 0.6 is 23.6 Å². The van der Waals surface area contributed by atoms with E-state index in [0.29, 0.717) is 20.6 Å². The summed E-state index contributed by atoms with van der Waals surface area (Å²) in [5, 5.41) is 5.91. The lowest BCUT2D eigenvalue weighted by molar-refractivity contribution is -0.123. The number of hydrogen-bond acceptors (Lipinski definition) is 4. The Morgan fingerprint density at radius 2 is 2.07 bits per heavy atom. The number of thiazole rings is 1. The average molecular weight is 402 g/mol. The van der Waals surface area contributed by atoms with E-state index in [4.69, 9.17) is 12.2 Å². The van der Waals surface area contributed by atoms with Gasteiger partial charge in [-0.15, -0.1) is 0 Å². The SMILES string of the molecule is Cc1ccc(NC(=O)c2sc(=S)n3c2NC(=O)C2CC(C)CCC23)cc1C. The van der Waals surface area contributed by atoms with Gasteiger partial charge in [0.2, 0.25) is 5.91 Å². The second-order valence-corrected chi connectivity index (χ2v) is 9.39. The van der Waals surface area contributed by atoms with Gasteiger partial charge in [-0.05, 0) is 74.5 Å². The molecule has 1 aliphatic heterocycles. The molecule has 0 radical (unpaired) electrons. The molecule has 0 bridgehead atoms. The van der Waals surface area contributed by atoms with Crippen molar-refractivity contribution in [2.45, 2.75) is 46.1 Å². The second-order valence-electron chi connectivity index (χ2n) is 7.75. The molecule has 4 rings (SSSR count). The van der Waals surface area contributed by atoms with Gasteiger partial charge in [0.25, 0.3) is 5.91 Å². The van der Waals surface area contributed by atoms with E-state index in [1.54, 1.807) is 0 Å². The number of hydrogen-bond donors (Lipinski definition) is 2. The fraction of sp³-hybridized carbons (Fsp3) is 0.450. The molecule has 3 atom stereocenters. The summed E-state index contributed by atoms with van der Waals surface area (Å²) in [6.45, 7) is 6.24. The number of carbonyl (C=O) groups excluding carboxylic acids is 2. The number of fused-ring (bicyclic) bond motifs is 3. The number of aromatic nitrogens is 1. The van der Waals surface area contributed by atoms with Crippen molar-refractivity contribution in [2.75, 3.05) is 10.6 Å². The van der Waals surface area contributed by atoms with Crippen molar-refractivity contribution < 1.29 is 9.59 Å². The molecule has 0 spiro atoms. The lowest BCUT2D eigenvalue weighted by Gasteiger charge is -2.39. The quantitative estimate of drug-likeness (QED) is 0.690. The lowest BCUT2D eigenvalue weighted by atomic mass is 9.77. The van der Waals surface area contributed by atoms with Gasteiger partial charge in [0.1, 0.15) is 10.7 Å². The van der Waals surface area contributed by atoms with Crippen LogP contribution in [0.2, 0.25) is 0 Å². The number of benzene rings is 1. The Morgan fingerprint density at radius 1 is 1.30 bits per heavy atom. The molecule has 2 N–H and O–H groups in total. The molecule has 2 amide bonds. The zero-order valence-electron chi connectivity index (χ0n) is 15.7. The summed E-state index contributed by atoms with van der Waals surface area (Å²) in [6.07, 6.45) is 2.88. The molecule has 2 aliphatic rings. The molecule has 1 aromatic heterocycles. The summed E-state index contributed by atoms with van der Waals surface area (Å²) in [5.41, 5.74) is 3.04. The molecule has 7 heteroatoms. The van der Waals surface area contributed by atoms with E-state index in [9.17, 15) is 9.59 Å². The summed E-state index contributed by atoms with van der Waals surface area (Å²) in [6, 6.07) is 5.89. The van der Waals surface area contributed by atoms with Crippen LogP contribution in [0, 0.1) is 29.6 Å². The first kappa shape index (κ1) is 18.4. The molecule has 1 aliphatic carbocycles. The molecule has 1 saturated carbocycles. The van der Waals surface area contributed by atoms with Crippen molar-refractivity contribution in [3.8, 4) is 0 Å². The Kier molecular flexibility index (Phi) is 4.68. The molecular weight excluding hydrogens is 378 g/mol. The van der Waals surface area contributed by atoms with Gasteiger partial charge in [-0.25, -0.2) is 0 Å².